The Labute approximate surface area is 477 Å². The molecule has 2 unspecified atom stereocenters. The highest BCUT2D eigenvalue weighted by molar-refractivity contribution is 5.70. The molecule has 0 saturated heterocycles. The number of carbonyl (C=O) groups excluding carboxylic acids is 3. The van der Waals surface area contributed by atoms with E-state index in [9.17, 15) is 19.5 Å². The minimum Gasteiger partial charge on any atom is -0.545 e. The molecule has 0 aliphatic heterocycles. The standard InChI is InChI=1S/C68H127NO8/c1-6-8-10-12-14-16-18-20-22-23-24-25-26-27-28-29-30-31-32-33-34-35-36-37-38-39-40-41-42-43-45-46-48-50-52-54-56-58-65(70)75-62-64(63-76-68(67(72)73)74-61-60-69(3,4)5)77-66(71)59-57-55-53-51-49-47-44-21-19-17-15-13-11-9-7-2/h9,11,15,17,21,44,64,68H,6-8,10,12-14,16,18-20,22-43,45-63H2,1-5H3/b11-9-,17-15-,44-21-. The number of quaternary nitrogens is 1. The molecule has 9 heteroatoms. The van der Waals surface area contributed by atoms with Crippen LogP contribution in [-0.4, -0.2) is 82.3 Å². The van der Waals surface area contributed by atoms with Crippen molar-refractivity contribution in [3.63, 3.8) is 0 Å². The molecule has 0 saturated carbocycles. The van der Waals surface area contributed by atoms with Crippen LogP contribution in [0.4, 0.5) is 0 Å². The highest BCUT2D eigenvalue weighted by atomic mass is 16.7. The van der Waals surface area contributed by atoms with Crippen molar-refractivity contribution in [2.75, 3.05) is 47.5 Å². The molecule has 0 aromatic rings. The summed E-state index contributed by atoms with van der Waals surface area (Å²) in [6.07, 6.45) is 71.1. The highest BCUT2D eigenvalue weighted by Crippen LogP contribution is 2.19. The van der Waals surface area contributed by atoms with Crippen molar-refractivity contribution in [1.29, 1.82) is 0 Å². The van der Waals surface area contributed by atoms with Crippen LogP contribution in [0, 0.1) is 0 Å². The van der Waals surface area contributed by atoms with Crippen LogP contribution in [-0.2, 0) is 33.3 Å². The third kappa shape index (κ3) is 61.0. The molecule has 0 aliphatic carbocycles. The summed E-state index contributed by atoms with van der Waals surface area (Å²) in [6.45, 7) is 4.66. The Balaban J connectivity index is 3.93. The molecular formula is C68H127NO8. The van der Waals surface area contributed by atoms with Crippen LogP contribution in [0.2, 0.25) is 0 Å². The van der Waals surface area contributed by atoms with Gasteiger partial charge < -0.3 is 33.3 Å². The summed E-state index contributed by atoms with van der Waals surface area (Å²) < 4.78 is 22.7. The number of carbonyl (C=O) groups is 3. The van der Waals surface area contributed by atoms with Crippen LogP contribution < -0.4 is 5.11 Å². The van der Waals surface area contributed by atoms with Crippen molar-refractivity contribution >= 4 is 17.9 Å². The third-order valence-electron chi connectivity index (χ3n) is 14.9. The number of aliphatic carboxylic acids is 1. The number of carboxylic acid groups (broad SMARTS) is 1. The second-order valence-corrected chi connectivity index (χ2v) is 23.7. The second-order valence-electron chi connectivity index (χ2n) is 23.7. The Morgan fingerprint density at radius 2 is 0.740 bits per heavy atom. The lowest BCUT2D eigenvalue weighted by atomic mass is 10.0. The first kappa shape index (κ1) is 74.5. The van der Waals surface area contributed by atoms with Gasteiger partial charge in [-0.05, 0) is 44.9 Å². The number of allylic oxidation sites excluding steroid dienone is 6. The Morgan fingerprint density at radius 1 is 0.403 bits per heavy atom. The molecule has 452 valence electrons. The number of carboxylic acids is 1. The number of hydrogen-bond donors (Lipinski definition) is 0. The maximum Gasteiger partial charge on any atom is 0.306 e. The smallest absolute Gasteiger partial charge is 0.306 e. The minimum atomic E-state index is -1.62. The van der Waals surface area contributed by atoms with E-state index in [1.807, 2.05) is 21.1 Å². The van der Waals surface area contributed by atoms with Gasteiger partial charge in [0.15, 0.2) is 12.4 Å². The van der Waals surface area contributed by atoms with Crippen LogP contribution in [0.5, 0.6) is 0 Å². The molecule has 0 bridgehead atoms. The Kier molecular flexibility index (Phi) is 57.7. The Bertz CT molecular complexity index is 1360. The van der Waals surface area contributed by atoms with Gasteiger partial charge in [0.25, 0.3) is 0 Å². The fourth-order valence-corrected chi connectivity index (χ4v) is 9.85. The van der Waals surface area contributed by atoms with Crippen molar-refractivity contribution in [2.45, 2.75) is 334 Å². The van der Waals surface area contributed by atoms with E-state index in [0.717, 1.165) is 70.6 Å². The van der Waals surface area contributed by atoms with Crippen molar-refractivity contribution in [3.05, 3.63) is 36.5 Å². The molecule has 0 radical (unpaired) electrons. The van der Waals surface area contributed by atoms with Gasteiger partial charge >= 0.3 is 11.9 Å². The Hall–Kier alpha value is -2.49. The molecule has 0 aromatic heterocycles. The van der Waals surface area contributed by atoms with E-state index >= 15 is 0 Å². The molecule has 0 spiro atoms. The zero-order chi connectivity index (χ0) is 56.2. The number of esters is 2. The van der Waals surface area contributed by atoms with E-state index in [4.69, 9.17) is 18.9 Å². The molecule has 0 rings (SSSR count). The summed E-state index contributed by atoms with van der Waals surface area (Å²) in [4.78, 5) is 37.3. The minimum absolute atomic E-state index is 0.145. The van der Waals surface area contributed by atoms with E-state index in [1.165, 1.54) is 218 Å². The first-order valence-electron chi connectivity index (χ1n) is 33.1. The summed E-state index contributed by atoms with van der Waals surface area (Å²) in [7, 11) is 5.92. The molecule has 0 aromatic carbocycles. The number of unbranched alkanes of at least 4 members (excludes halogenated alkanes) is 41. The topological polar surface area (TPSA) is 111 Å². The predicted octanol–water partition coefficient (Wildman–Crippen LogP) is 18.7. The van der Waals surface area contributed by atoms with Gasteiger partial charge in [0.2, 0.25) is 0 Å². The quantitative estimate of drug-likeness (QED) is 0.0195. The number of ether oxygens (including phenoxy) is 4. The van der Waals surface area contributed by atoms with E-state index < -0.39 is 24.3 Å². The van der Waals surface area contributed by atoms with Gasteiger partial charge in [-0.2, -0.15) is 0 Å². The fraction of sp³-hybridized carbons (Fsp3) is 0.868. The van der Waals surface area contributed by atoms with E-state index in [0.29, 0.717) is 23.9 Å². The molecule has 0 amide bonds. The predicted molar refractivity (Wildman–Crippen MR) is 325 cm³/mol. The maximum atomic E-state index is 12.8. The van der Waals surface area contributed by atoms with Crippen LogP contribution in [0.25, 0.3) is 0 Å². The number of likely N-dealkylation sites (N-methyl/N-ethyl adjacent to an activating group) is 1. The van der Waals surface area contributed by atoms with Crippen LogP contribution >= 0.6 is 0 Å². The Morgan fingerprint density at radius 3 is 1.10 bits per heavy atom. The molecule has 0 fully saturated rings. The number of nitrogens with zero attached hydrogens (tertiary/aromatic N) is 1. The van der Waals surface area contributed by atoms with Crippen molar-refractivity contribution in [1.82, 2.24) is 0 Å². The highest BCUT2D eigenvalue weighted by Gasteiger charge is 2.22. The van der Waals surface area contributed by atoms with Gasteiger partial charge in [-0.1, -0.05) is 301 Å². The SMILES string of the molecule is CC/C=C\C/C=C\C/C=C\CCCCCCCC(=O)OC(COC(=O)CCCCCCCCCCCCCCCCCCCCCCCCCCCCCCCCCCCCCCC)COC(OCC[N+](C)(C)C)C(=O)[O-]. The van der Waals surface area contributed by atoms with Gasteiger partial charge in [0, 0.05) is 12.8 Å². The summed E-state index contributed by atoms with van der Waals surface area (Å²) in [5.74, 6) is -2.29. The summed E-state index contributed by atoms with van der Waals surface area (Å²) >= 11 is 0. The molecule has 77 heavy (non-hydrogen) atoms. The van der Waals surface area contributed by atoms with Crippen LogP contribution in [0.1, 0.15) is 322 Å². The molecular weight excluding hydrogens is 959 g/mol. The van der Waals surface area contributed by atoms with Crippen molar-refractivity contribution in [2.24, 2.45) is 0 Å². The van der Waals surface area contributed by atoms with E-state index in [-0.39, 0.29) is 32.2 Å². The molecule has 0 heterocycles. The van der Waals surface area contributed by atoms with Crippen LogP contribution in [0.3, 0.4) is 0 Å². The zero-order valence-electron chi connectivity index (χ0n) is 51.6. The van der Waals surface area contributed by atoms with Gasteiger partial charge in [-0.15, -0.1) is 0 Å². The molecule has 0 aliphatic rings. The fourth-order valence-electron chi connectivity index (χ4n) is 9.85. The average Bonchev–Trinajstić information content (AvgIpc) is 3.40. The number of rotatable bonds is 62. The van der Waals surface area contributed by atoms with Gasteiger partial charge in [0.05, 0.1) is 40.3 Å². The van der Waals surface area contributed by atoms with Crippen molar-refractivity contribution < 1.29 is 42.9 Å². The van der Waals surface area contributed by atoms with Gasteiger partial charge in [-0.3, -0.25) is 9.59 Å². The van der Waals surface area contributed by atoms with Gasteiger partial charge in [-0.25, -0.2) is 0 Å². The summed E-state index contributed by atoms with van der Waals surface area (Å²) in [6, 6.07) is 0. The zero-order valence-corrected chi connectivity index (χ0v) is 51.6. The lowest BCUT2D eigenvalue weighted by molar-refractivity contribution is -0.870. The summed E-state index contributed by atoms with van der Waals surface area (Å²) in [5, 5.41) is 11.8. The molecule has 0 N–H and O–H groups in total. The monoisotopic (exact) mass is 1090 g/mol. The van der Waals surface area contributed by atoms with Crippen LogP contribution in [0.15, 0.2) is 36.5 Å². The molecule has 9 nitrogen and oxygen atoms in total. The average molecular weight is 1090 g/mol. The van der Waals surface area contributed by atoms with Crippen molar-refractivity contribution in [3.8, 4) is 0 Å². The first-order chi connectivity index (χ1) is 37.6. The molecule has 2 atom stereocenters. The lowest BCUT2D eigenvalue weighted by Gasteiger charge is -2.26. The van der Waals surface area contributed by atoms with E-state index in [1.54, 1.807) is 0 Å². The third-order valence-corrected chi connectivity index (χ3v) is 14.9. The first-order valence-corrected chi connectivity index (χ1v) is 33.1. The summed E-state index contributed by atoms with van der Waals surface area (Å²) in [5.41, 5.74) is 0. The number of hydrogen-bond acceptors (Lipinski definition) is 8. The maximum absolute atomic E-state index is 12.8. The van der Waals surface area contributed by atoms with Gasteiger partial charge in [0.1, 0.15) is 13.2 Å². The largest absolute Gasteiger partial charge is 0.545 e. The second kappa shape index (κ2) is 59.6. The van der Waals surface area contributed by atoms with E-state index in [2.05, 4.69) is 50.3 Å². The normalized spacial score (nSPS) is 12.9. The lowest BCUT2D eigenvalue weighted by Crippen LogP contribution is -2.44.